The molecule has 0 aliphatic carbocycles. The van der Waals surface area contributed by atoms with Crippen molar-refractivity contribution < 1.29 is 71.4 Å². The average molecular weight is 561 g/mol. The SMILES string of the molecule is CC(=O)OCC1OC=C[C@H](OC(C)=O)[C@@H]1O[C@@H]1OC(COC(C)=O)[C@@H](OC(C)=O)[C@H](OC(C)=O)C1OC(C)=O. The molecule has 39 heavy (non-hydrogen) atoms. The normalized spacial score (nSPS) is 29.7. The van der Waals surface area contributed by atoms with Crippen LogP contribution in [0, 0.1) is 0 Å². The Labute approximate surface area is 223 Å². The monoisotopic (exact) mass is 560 g/mol. The van der Waals surface area contributed by atoms with E-state index < -0.39 is 91.4 Å². The van der Waals surface area contributed by atoms with E-state index >= 15 is 0 Å². The van der Waals surface area contributed by atoms with Gasteiger partial charge in [0.05, 0.1) is 6.26 Å². The van der Waals surface area contributed by atoms with E-state index in [1.165, 1.54) is 19.3 Å². The van der Waals surface area contributed by atoms with Crippen LogP contribution in [0.5, 0.6) is 0 Å². The van der Waals surface area contributed by atoms with Gasteiger partial charge in [-0.1, -0.05) is 0 Å². The molecule has 218 valence electrons. The van der Waals surface area contributed by atoms with Gasteiger partial charge in [0.2, 0.25) is 0 Å². The Balaban J connectivity index is 2.52. The quantitative estimate of drug-likeness (QED) is 0.254. The molecular weight excluding hydrogens is 528 g/mol. The second kappa shape index (κ2) is 14.4. The lowest BCUT2D eigenvalue weighted by molar-refractivity contribution is -0.328. The first-order chi connectivity index (χ1) is 18.3. The highest BCUT2D eigenvalue weighted by atomic mass is 16.7. The summed E-state index contributed by atoms with van der Waals surface area (Å²) in [6, 6.07) is 0. The summed E-state index contributed by atoms with van der Waals surface area (Å²) in [5, 5.41) is 0. The summed E-state index contributed by atoms with van der Waals surface area (Å²) < 4.78 is 49.0. The van der Waals surface area contributed by atoms with Crippen molar-refractivity contribution in [2.45, 2.75) is 90.6 Å². The average Bonchev–Trinajstić information content (AvgIpc) is 2.80. The molecule has 2 aliphatic rings. The molecule has 0 saturated carbocycles. The van der Waals surface area contributed by atoms with Crippen molar-refractivity contribution >= 4 is 35.8 Å². The fraction of sp³-hybridized carbons (Fsp3) is 0.667. The summed E-state index contributed by atoms with van der Waals surface area (Å²) in [6.07, 6.45) is -7.97. The first-order valence-corrected chi connectivity index (χ1v) is 11.9. The smallest absolute Gasteiger partial charge is 0.303 e. The molecule has 0 aromatic heterocycles. The highest BCUT2D eigenvalue weighted by Crippen LogP contribution is 2.32. The molecule has 0 amide bonds. The van der Waals surface area contributed by atoms with Crippen molar-refractivity contribution in [3.63, 3.8) is 0 Å². The Morgan fingerprint density at radius 1 is 0.590 bits per heavy atom. The van der Waals surface area contributed by atoms with E-state index in [0.29, 0.717) is 0 Å². The molecule has 0 spiro atoms. The Kier molecular flexibility index (Phi) is 11.7. The fourth-order valence-corrected chi connectivity index (χ4v) is 3.87. The fourth-order valence-electron chi connectivity index (χ4n) is 3.87. The molecule has 0 aromatic carbocycles. The first-order valence-electron chi connectivity index (χ1n) is 11.9. The van der Waals surface area contributed by atoms with Gasteiger partial charge in [-0.25, -0.2) is 0 Å². The second-order valence-corrected chi connectivity index (χ2v) is 8.55. The molecule has 0 N–H and O–H groups in total. The van der Waals surface area contributed by atoms with Crippen molar-refractivity contribution in [1.29, 1.82) is 0 Å². The van der Waals surface area contributed by atoms with Gasteiger partial charge in [0.25, 0.3) is 0 Å². The predicted molar refractivity (Wildman–Crippen MR) is 123 cm³/mol. The van der Waals surface area contributed by atoms with Gasteiger partial charge in [0.15, 0.2) is 36.8 Å². The van der Waals surface area contributed by atoms with Crippen LogP contribution in [0.15, 0.2) is 12.3 Å². The van der Waals surface area contributed by atoms with E-state index in [-0.39, 0.29) is 6.61 Å². The summed E-state index contributed by atoms with van der Waals surface area (Å²) in [4.78, 5) is 70.6. The first kappa shape index (κ1) is 31.5. The maximum Gasteiger partial charge on any atom is 0.303 e. The van der Waals surface area contributed by atoms with Gasteiger partial charge in [-0.15, -0.1) is 0 Å². The largest absolute Gasteiger partial charge is 0.492 e. The molecule has 2 rings (SSSR count). The van der Waals surface area contributed by atoms with Gasteiger partial charge >= 0.3 is 35.8 Å². The van der Waals surface area contributed by atoms with Crippen molar-refractivity contribution in [1.82, 2.24) is 0 Å². The molecule has 0 radical (unpaired) electrons. The van der Waals surface area contributed by atoms with Gasteiger partial charge < -0.3 is 42.6 Å². The minimum Gasteiger partial charge on any atom is -0.492 e. The van der Waals surface area contributed by atoms with Crippen LogP contribution in [-0.2, 0) is 71.4 Å². The number of rotatable bonds is 10. The number of esters is 6. The highest BCUT2D eigenvalue weighted by Gasteiger charge is 2.54. The number of hydrogen-bond acceptors (Lipinski definition) is 15. The van der Waals surface area contributed by atoms with Gasteiger partial charge in [0, 0.05) is 41.5 Å². The maximum atomic E-state index is 12.0. The zero-order valence-corrected chi connectivity index (χ0v) is 22.3. The molecule has 1 saturated heterocycles. The summed E-state index contributed by atoms with van der Waals surface area (Å²) in [6.45, 7) is 5.92. The molecule has 15 nitrogen and oxygen atoms in total. The van der Waals surface area contributed by atoms with Crippen LogP contribution in [0.1, 0.15) is 41.5 Å². The summed E-state index contributed by atoms with van der Waals surface area (Å²) in [5.74, 6) is -4.43. The van der Waals surface area contributed by atoms with Crippen molar-refractivity contribution in [3.8, 4) is 0 Å². The summed E-state index contributed by atoms with van der Waals surface area (Å²) in [7, 11) is 0. The van der Waals surface area contributed by atoms with E-state index in [1.807, 2.05) is 0 Å². The van der Waals surface area contributed by atoms with Crippen molar-refractivity contribution in [2.24, 2.45) is 0 Å². The topological polar surface area (TPSA) is 185 Å². The third-order valence-corrected chi connectivity index (χ3v) is 5.20. The van der Waals surface area contributed by atoms with Gasteiger partial charge in [-0.05, 0) is 6.08 Å². The number of hydrogen-bond donors (Lipinski definition) is 0. The Morgan fingerprint density at radius 3 is 1.59 bits per heavy atom. The predicted octanol–water partition coefficient (Wildman–Crippen LogP) is -0.138. The molecule has 15 heteroatoms. The molecule has 0 aromatic rings. The lowest BCUT2D eigenvalue weighted by atomic mass is 9.97. The number of carbonyl (C=O) groups excluding carboxylic acids is 6. The second-order valence-electron chi connectivity index (χ2n) is 8.55. The Morgan fingerprint density at radius 2 is 1.08 bits per heavy atom. The Hall–Kier alpha value is -3.72. The van der Waals surface area contributed by atoms with E-state index in [0.717, 1.165) is 34.6 Å². The summed E-state index contributed by atoms with van der Waals surface area (Å²) >= 11 is 0. The third kappa shape index (κ3) is 9.83. The molecule has 2 heterocycles. The van der Waals surface area contributed by atoms with Crippen LogP contribution in [-0.4, -0.2) is 98.0 Å². The van der Waals surface area contributed by atoms with Gasteiger partial charge in [0.1, 0.15) is 25.4 Å². The minimum absolute atomic E-state index is 0.326. The number of ether oxygens (including phenoxy) is 9. The van der Waals surface area contributed by atoms with Gasteiger partial charge in [-0.3, -0.25) is 28.8 Å². The molecule has 2 aliphatic heterocycles. The third-order valence-electron chi connectivity index (χ3n) is 5.20. The van der Waals surface area contributed by atoms with Crippen LogP contribution in [0.4, 0.5) is 0 Å². The van der Waals surface area contributed by atoms with Crippen molar-refractivity contribution in [3.05, 3.63) is 12.3 Å². The van der Waals surface area contributed by atoms with Crippen molar-refractivity contribution in [2.75, 3.05) is 13.2 Å². The van der Waals surface area contributed by atoms with E-state index in [1.54, 1.807) is 0 Å². The lowest BCUT2D eigenvalue weighted by Gasteiger charge is -2.46. The Bertz CT molecular complexity index is 959. The van der Waals surface area contributed by atoms with Crippen LogP contribution < -0.4 is 0 Å². The van der Waals surface area contributed by atoms with E-state index in [2.05, 4.69) is 0 Å². The van der Waals surface area contributed by atoms with Crippen LogP contribution in [0.2, 0.25) is 0 Å². The molecule has 0 bridgehead atoms. The van der Waals surface area contributed by atoms with E-state index in [4.69, 9.17) is 42.6 Å². The number of carbonyl (C=O) groups is 6. The maximum absolute atomic E-state index is 12.0. The van der Waals surface area contributed by atoms with Crippen LogP contribution in [0.25, 0.3) is 0 Å². The van der Waals surface area contributed by atoms with E-state index in [9.17, 15) is 28.8 Å². The molecule has 3 unspecified atom stereocenters. The minimum atomic E-state index is -1.58. The van der Waals surface area contributed by atoms with Gasteiger partial charge in [-0.2, -0.15) is 0 Å². The van der Waals surface area contributed by atoms with Crippen LogP contribution >= 0.6 is 0 Å². The molecular formula is C24H32O15. The zero-order valence-electron chi connectivity index (χ0n) is 22.3. The molecule has 8 atom stereocenters. The van der Waals surface area contributed by atoms with Crippen LogP contribution in [0.3, 0.4) is 0 Å². The lowest BCUT2D eigenvalue weighted by Crippen LogP contribution is -2.64. The highest BCUT2D eigenvalue weighted by molar-refractivity contribution is 5.69. The zero-order chi connectivity index (χ0) is 29.3. The standard InChI is InChI=1S/C24H32O15/c1-11(25)32-9-18-20(17(7-8-31-18)34-13(3)27)39-24-23(37-16(6)30)22(36-15(5)29)21(35-14(4)28)19(38-24)10-33-12(2)26/h7-8,17-24H,9-10H2,1-6H3/t17-,18?,19?,20-,21+,22-,23?,24-/m0/s1. The molecule has 1 fully saturated rings. The summed E-state index contributed by atoms with van der Waals surface area (Å²) in [5.41, 5.74) is 0.